The van der Waals surface area contributed by atoms with Crippen molar-refractivity contribution in [1.29, 1.82) is 10.5 Å². The van der Waals surface area contributed by atoms with Gasteiger partial charge in [0.2, 0.25) is 0 Å². The van der Waals surface area contributed by atoms with E-state index in [2.05, 4.69) is 10.1 Å². The fourth-order valence-corrected chi connectivity index (χ4v) is 1.65. The molecule has 22 heavy (non-hydrogen) atoms. The third-order valence-corrected chi connectivity index (χ3v) is 2.69. The number of nitriles is 2. The van der Waals surface area contributed by atoms with E-state index in [-0.39, 0.29) is 22.4 Å². The molecule has 0 aliphatic carbocycles. The Morgan fingerprint density at radius 2 is 1.91 bits per heavy atom. The average Bonchev–Trinajstić information content (AvgIpc) is 2.47. The number of hydrogen-bond donors (Lipinski definition) is 1. The molecule has 0 radical (unpaired) electrons. The molecule has 1 aromatic rings. The number of ether oxygens (including phenoxy) is 1. The van der Waals surface area contributed by atoms with E-state index in [9.17, 15) is 18.0 Å². The molecule has 0 aromatic heterocycles. The maximum absolute atomic E-state index is 12.9. The molecule has 5 nitrogen and oxygen atoms in total. The van der Waals surface area contributed by atoms with E-state index in [1.165, 1.54) is 19.1 Å². The summed E-state index contributed by atoms with van der Waals surface area (Å²) in [5.41, 5.74) is -1.80. The first-order chi connectivity index (χ1) is 10.2. The van der Waals surface area contributed by atoms with Crippen LogP contribution < -0.4 is 5.32 Å². The molecule has 0 spiro atoms. The van der Waals surface area contributed by atoms with Gasteiger partial charge in [0, 0.05) is 6.20 Å². The number of esters is 1. The molecule has 0 aliphatic heterocycles. The van der Waals surface area contributed by atoms with Crippen molar-refractivity contribution >= 4 is 11.7 Å². The Morgan fingerprint density at radius 3 is 2.36 bits per heavy atom. The SMILES string of the molecule is COC(=O)c1cc(C)c(C(F)(F)F)cc1NC=C(C#N)C#N. The van der Waals surface area contributed by atoms with Crippen LogP contribution in [-0.2, 0) is 10.9 Å². The topological polar surface area (TPSA) is 85.9 Å². The Labute approximate surface area is 124 Å². The first-order valence-electron chi connectivity index (χ1n) is 5.81. The van der Waals surface area contributed by atoms with E-state index < -0.39 is 17.7 Å². The molecule has 0 amide bonds. The van der Waals surface area contributed by atoms with Crippen LogP contribution in [-0.4, -0.2) is 13.1 Å². The highest BCUT2D eigenvalue weighted by Crippen LogP contribution is 2.35. The highest BCUT2D eigenvalue weighted by Gasteiger charge is 2.33. The molecule has 114 valence electrons. The monoisotopic (exact) mass is 309 g/mol. The molecule has 1 rings (SSSR count). The van der Waals surface area contributed by atoms with Gasteiger partial charge in [-0.15, -0.1) is 0 Å². The van der Waals surface area contributed by atoms with Gasteiger partial charge in [0.1, 0.15) is 17.7 Å². The van der Waals surface area contributed by atoms with Crippen molar-refractivity contribution in [2.75, 3.05) is 12.4 Å². The predicted octanol–water partition coefficient (Wildman–Crippen LogP) is 3.14. The third kappa shape index (κ3) is 3.76. The molecule has 0 bridgehead atoms. The van der Waals surface area contributed by atoms with E-state index in [1.807, 2.05) is 0 Å². The summed E-state index contributed by atoms with van der Waals surface area (Å²) in [6.45, 7) is 1.21. The first-order valence-corrected chi connectivity index (χ1v) is 5.81. The molecule has 0 aliphatic rings. The lowest BCUT2D eigenvalue weighted by atomic mass is 10.0. The van der Waals surface area contributed by atoms with Crippen molar-refractivity contribution in [2.45, 2.75) is 13.1 Å². The second-order valence-electron chi connectivity index (χ2n) is 4.13. The molecule has 0 heterocycles. The van der Waals surface area contributed by atoms with Gasteiger partial charge in [0.05, 0.1) is 23.9 Å². The van der Waals surface area contributed by atoms with Crippen LogP contribution in [0.3, 0.4) is 0 Å². The van der Waals surface area contributed by atoms with Crippen LogP contribution in [0.1, 0.15) is 21.5 Å². The van der Waals surface area contributed by atoms with Gasteiger partial charge in [0.15, 0.2) is 0 Å². The zero-order chi connectivity index (χ0) is 16.9. The highest BCUT2D eigenvalue weighted by atomic mass is 19.4. The number of rotatable bonds is 3. The van der Waals surface area contributed by atoms with Crippen LogP contribution >= 0.6 is 0 Å². The molecule has 0 saturated carbocycles. The van der Waals surface area contributed by atoms with Gasteiger partial charge in [-0.2, -0.15) is 23.7 Å². The number of carbonyl (C=O) groups is 1. The molecule has 0 saturated heterocycles. The molecule has 0 atom stereocenters. The zero-order valence-electron chi connectivity index (χ0n) is 11.6. The molecule has 1 aromatic carbocycles. The fraction of sp³-hybridized carbons (Fsp3) is 0.214. The number of benzene rings is 1. The minimum Gasteiger partial charge on any atom is -0.465 e. The lowest BCUT2D eigenvalue weighted by Crippen LogP contribution is -2.12. The van der Waals surface area contributed by atoms with Crippen LogP contribution in [0.25, 0.3) is 0 Å². The smallest absolute Gasteiger partial charge is 0.416 e. The number of nitrogens with zero attached hydrogens (tertiary/aromatic N) is 2. The van der Waals surface area contributed by atoms with Crippen molar-refractivity contribution in [1.82, 2.24) is 0 Å². The van der Waals surface area contributed by atoms with Crippen molar-refractivity contribution < 1.29 is 22.7 Å². The first kappa shape index (κ1) is 17.1. The second-order valence-corrected chi connectivity index (χ2v) is 4.13. The second kappa shape index (κ2) is 6.64. The predicted molar refractivity (Wildman–Crippen MR) is 70.5 cm³/mol. The van der Waals surface area contributed by atoms with Gasteiger partial charge in [-0.05, 0) is 24.6 Å². The van der Waals surface area contributed by atoms with E-state index in [0.717, 1.165) is 25.4 Å². The number of alkyl halides is 3. The maximum atomic E-state index is 12.9. The summed E-state index contributed by atoms with van der Waals surface area (Å²) in [5, 5.41) is 19.6. The van der Waals surface area contributed by atoms with Gasteiger partial charge < -0.3 is 10.1 Å². The van der Waals surface area contributed by atoms with Gasteiger partial charge in [0.25, 0.3) is 0 Å². The minimum atomic E-state index is -4.60. The van der Waals surface area contributed by atoms with Crippen molar-refractivity contribution in [3.05, 3.63) is 40.6 Å². The number of halogens is 3. The summed E-state index contributed by atoms with van der Waals surface area (Å²) in [7, 11) is 1.09. The van der Waals surface area contributed by atoms with Crippen LogP contribution in [0.15, 0.2) is 23.9 Å². The molecule has 8 heteroatoms. The fourth-order valence-electron chi connectivity index (χ4n) is 1.65. The van der Waals surface area contributed by atoms with Crippen LogP contribution in [0, 0.1) is 29.6 Å². The van der Waals surface area contributed by atoms with Crippen molar-refractivity contribution in [3.8, 4) is 12.1 Å². The summed E-state index contributed by atoms with van der Waals surface area (Å²) in [4.78, 5) is 11.6. The molecular weight excluding hydrogens is 299 g/mol. The van der Waals surface area contributed by atoms with E-state index in [4.69, 9.17) is 10.5 Å². The Morgan fingerprint density at radius 1 is 1.32 bits per heavy atom. The molecule has 0 fully saturated rings. The lowest BCUT2D eigenvalue weighted by molar-refractivity contribution is -0.138. The van der Waals surface area contributed by atoms with E-state index in [0.29, 0.717) is 0 Å². The zero-order valence-corrected chi connectivity index (χ0v) is 11.6. The van der Waals surface area contributed by atoms with E-state index >= 15 is 0 Å². The highest BCUT2D eigenvalue weighted by molar-refractivity contribution is 5.96. The number of carbonyl (C=O) groups excluding carboxylic acids is 1. The summed E-state index contributed by atoms with van der Waals surface area (Å²) in [6, 6.07) is 4.84. The quantitative estimate of drug-likeness (QED) is 0.684. The Kier molecular flexibility index (Phi) is 5.14. The number of aryl methyl sites for hydroxylation is 1. The maximum Gasteiger partial charge on any atom is 0.416 e. The number of allylic oxidation sites excluding steroid dienone is 1. The normalized spacial score (nSPS) is 10.1. The van der Waals surface area contributed by atoms with Crippen LogP contribution in [0.2, 0.25) is 0 Å². The summed E-state index contributed by atoms with van der Waals surface area (Å²) in [5.74, 6) is -0.844. The Bertz CT molecular complexity index is 694. The van der Waals surface area contributed by atoms with E-state index in [1.54, 1.807) is 0 Å². The average molecular weight is 309 g/mol. The Hall–Kier alpha value is -3.00. The van der Waals surface area contributed by atoms with Crippen molar-refractivity contribution in [2.24, 2.45) is 0 Å². The Balaban J connectivity index is 3.45. The molecule has 1 N–H and O–H groups in total. The van der Waals surface area contributed by atoms with Crippen molar-refractivity contribution in [3.63, 3.8) is 0 Å². The molecular formula is C14H10F3N3O2. The number of methoxy groups -OCH3 is 1. The van der Waals surface area contributed by atoms with Gasteiger partial charge >= 0.3 is 12.1 Å². The van der Waals surface area contributed by atoms with Gasteiger partial charge in [-0.25, -0.2) is 4.79 Å². The van der Waals surface area contributed by atoms with Gasteiger partial charge in [-0.1, -0.05) is 0 Å². The molecule has 0 unspecified atom stereocenters. The van der Waals surface area contributed by atoms with Gasteiger partial charge in [-0.3, -0.25) is 0 Å². The lowest BCUT2D eigenvalue weighted by Gasteiger charge is -2.15. The summed E-state index contributed by atoms with van der Waals surface area (Å²) in [6.07, 6.45) is -3.69. The minimum absolute atomic E-state index is 0.139. The standard InChI is InChI=1S/C14H10F3N3O2/c1-8-3-10(13(21)22-2)12(4-11(8)14(15,16)17)20-7-9(5-18)6-19/h3-4,7,20H,1-2H3. The number of hydrogen-bond acceptors (Lipinski definition) is 5. The third-order valence-electron chi connectivity index (χ3n) is 2.69. The van der Waals surface area contributed by atoms with Crippen LogP contribution in [0.5, 0.6) is 0 Å². The van der Waals surface area contributed by atoms with Crippen LogP contribution in [0.4, 0.5) is 18.9 Å². The number of anilines is 1. The summed E-state index contributed by atoms with van der Waals surface area (Å²) >= 11 is 0. The largest absolute Gasteiger partial charge is 0.465 e. The summed E-state index contributed by atoms with van der Waals surface area (Å²) < 4.78 is 43.2. The number of nitrogens with one attached hydrogen (secondary N) is 1.